The van der Waals surface area contributed by atoms with Gasteiger partial charge in [-0.3, -0.25) is 4.79 Å². The Hall–Kier alpha value is -0.980. The van der Waals surface area contributed by atoms with Crippen molar-refractivity contribution < 1.29 is 14.3 Å². The molecule has 0 saturated carbocycles. The highest BCUT2D eigenvalue weighted by Gasteiger charge is 2.14. The zero-order valence-electron chi connectivity index (χ0n) is 7.71. The van der Waals surface area contributed by atoms with E-state index < -0.39 is 24.4 Å². The Morgan fingerprint density at radius 2 is 2.33 bits per heavy atom. The summed E-state index contributed by atoms with van der Waals surface area (Å²) in [6.07, 6.45) is 0. The Balaban J connectivity index is 2.80. The number of halogens is 2. The second-order valence-electron chi connectivity index (χ2n) is 2.90. The van der Waals surface area contributed by atoms with Crippen LogP contribution in [0.2, 0.25) is 0 Å². The predicted molar refractivity (Wildman–Crippen MR) is 57.8 cm³/mol. The fourth-order valence-electron chi connectivity index (χ4n) is 0.902. The van der Waals surface area contributed by atoms with Gasteiger partial charge in [-0.15, -0.1) is 0 Å². The molecule has 0 saturated heterocycles. The summed E-state index contributed by atoms with van der Waals surface area (Å²) in [6.45, 7) is -0.485. The Morgan fingerprint density at radius 1 is 1.67 bits per heavy atom. The molecule has 4 nitrogen and oxygen atoms in total. The molecule has 1 atom stereocenters. The first-order chi connectivity index (χ1) is 7.04. The van der Waals surface area contributed by atoms with E-state index in [1.165, 1.54) is 18.2 Å². The van der Waals surface area contributed by atoms with Gasteiger partial charge in [0.15, 0.2) is 0 Å². The van der Waals surface area contributed by atoms with E-state index in [0.717, 1.165) is 0 Å². The number of amides is 1. The number of hydrogen-bond acceptors (Lipinski definition) is 3. The molecule has 6 heteroatoms. The maximum absolute atomic E-state index is 13.2. The van der Waals surface area contributed by atoms with E-state index in [-0.39, 0.29) is 5.69 Å². The Labute approximate surface area is 94.4 Å². The minimum absolute atomic E-state index is 0.0262. The van der Waals surface area contributed by atoms with E-state index in [2.05, 4.69) is 21.2 Å². The molecule has 0 aliphatic carbocycles. The minimum atomic E-state index is -1.05. The van der Waals surface area contributed by atoms with Crippen molar-refractivity contribution in [3.05, 3.63) is 28.5 Å². The third-order valence-corrected chi connectivity index (χ3v) is 2.21. The van der Waals surface area contributed by atoms with Crippen LogP contribution in [0.5, 0.6) is 0 Å². The van der Waals surface area contributed by atoms with Crippen LogP contribution in [0.25, 0.3) is 0 Å². The molecule has 1 aromatic carbocycles. The first-order valence-electron chi connectivity index (χ1n) is 4.17. The summed E-state index contributed by atoms with van der Waals surface area (Å²) < 4.78 is 13.8. The van der Waals surface area contributed by atoms with Gasteiger partial charge in [-0.05, 0) is 18.2 Å². The monoisotopic (exact) mass is 276 g/mol. The van der Waals surface area contributed by atoms with Crippen molar-refractivity contribution in [2.75, 3.05) is 11.9 Å². The molecule has 4 N–H and O–H groups in total. The van der Waals surface area contributed by atoms with Crippen LogP contribution in [0.3, 0.4) is 0 Å². The number of anilines is 1. The lowest BCUT2D eigenvalue weighted by Crippen LogP contribution is -2.38. The van der Waals surface area contributed by atoms with Crippen LogP contribution in [-0.2, 0) is 4.79 Å². The number of hydrogen-bond donors (Lipinski definition) is 3. The largest absolute Gasteiger partial charge is 0.394 e. The van der Waals surface area contributed by atoms with Crippen LogP contribution in [-0.4, -0.2) is 23.7 Å². The summed E-state index contributed by atoms with van der Waals surface area (Å²) in [6, 6.07) is 3.08. The Bertz CT molecular complexity index is 373. The average molecular weight is 277 g/mol. The van der Waals surface area contributed by atoms with Crippen LogP contribution >= 0.6 is 15.9 Å². The van der Waals surface area contributed by atoms with Crippen molar-refractivity contribution in [1.82, 2.24) is 0 Å². The van der Waals surface area contributed by atoms with Crippen LogP contribution in [0, 0.1) is 5.82 Å². The predicted octanol–water partition coefficient (Wildman–Crippen LogP) is 0.846. The molecule has 0 aromatic heterocycles. The second kappa shape index (κ2) is 5.20. The standard InChI is InChI=1S/C9H10BrFN2O2/c10-5-1-2-6(11)8(3-5)13-9(15)7(12)4-14/h1-3,7,14H,4,12H2,(H,13,15). The van der Waals surface area contributed by atoms with Gasteiger partial charge in [0.1, 0.15) is 11.9 Å². The smallest absolute Gasteiger partial charge is 0.243 e. The number of nitrogens with two attached hydrogens (primary N) is 1. The minimum Gasteiger partial charge on any atom is -0.394 e. The van der Waals surface area contributed by atoms with Crippen molar-refractivity contribution in [2.45, 2.75) is 6.04 Å². The summed E-state index contributed by atoms with van der Waals surface area (Å²) in [7, 11) is 0. The molecule has 0 radical (unpaired) electrons. The van der Waals surface area contributed by atoms with E-state index in [9.17, 15) is 9.18 Å². The maximum atomic E-state index is 13.2. The fraction of sp³-hybridized carbons (Fsp3) is 0.222. The second-order valence-corrected chi connectivity index (χ2v) is 3.82. The average Bonchev–Trinajstić information content (AvgIpc) is 2.22. The topological polar surface area (TPSA) is 75.3 Å². The quantitative estimate of drug-likeness (QED) is 0.766. The number of benzene rings is 1. The lowest BCUT2D eigenvalue weighted by Gasteiger charge is -2.10. The summed E-state index contributed by atoms with van der Waals surface area (Å²) in [5.41, 5.74) is 5.28. The molecule has 0 bridgehead atoms. The Morgan fingerprint density at radius 3 is 2.93 bits per heavy atom. The van der Waals surface area contributed by atoms with Crippen molar-refractivity contribution in [3.63, 3.8) is 0 Å². The fourth-order valence-corrected chi connectivity index (χ4v) is 1.26. The molecular weight excluding hydrogens is 267 g/mol. The molecule has 0 heterocycles. The van der Waals surface area contributed by atoms with E-state index in [4.69, 9.17) is 10.8 Å². The first kappa shape index (κ1) is 12.1. The number of aliphatic hydroxyl groups excluding tert-OH is 1. The Kier molecular flexibility index (Phi) is 4.19. The molecule has 0 fully saturated rings. The molecule has 15 heavy (non-hydrogen) atoms. The van der Waals surface area contributed by atoms with E-state index in [1.54, 1.807) is 0 Å². The number of aliphatic hydroxyl groups is 1. The number of carbonyl (C=O) groups excluding carboxylic acids is 1. The van der Waals surface area contributed by atoms with Crippen molar-refractivity contribution >= 4 is 27.5 Å². The highest BCUT2D eigenvalue weighted by atomic mass is 79.9. The first-order valence-corrected chi connectivity index (χ1v) is 4.96. The molecule has 1 aromatic rings. The van der Waals surface area contributed by atoms with Gasteiger partial charge in [-0.1, -0.05) is 15.9 Å². The van der Waals surface area contributed by atoms with Crippen molar-refractivity contribution in [1.29, 1.82) is 0 Å². The van der Waals surface area contributed by atoms with Gasteiger partial charge in [0.25, 0.3) is 0 Å². The molecule has 82 valence electrons. The zero-order chi connectivity index (χ0) is 11.4. The van der Waals surface area contributed by atoms with Gasteiger partial charge in [-0.2, -0.15) is 0 Å². The molecule has 0 aliphatic rings. The highest BCUT2D eigenvalue weighted by Crippen LogP contribution is 2.19. The normalized spacial score (nSPS) is 12.3. The van der Waals surface area contributed by atoms with Gasteiger partial charge in [-0.25, -0.2) is 4.39 Å². The van der Waals surface area contributed by atoms with E-state index in [0.29, 0.717) is 4.47 Å². The van der Waals surface area contributed by atoms with Gasteiger partial charge in [0.2, 0.25) is 5.91 Å². The zero-order valence-corrected chi connectivity index (χ0v) is 9.29. The summed E-state index contributed by atoms with van der Waals surface area (Å²) in [5, 5.41) is 10.9. The molecule has 0 spiro atoms. The molecule has 1 rings (SSSR count). The van der Waals surface area contributed by atoms with Gasteiger partial charge in [0.05, 0.1) is 12.3 Å². The van der Waals surface area contributed by atoms with Gasteiger partial charge in [0, 0.05) is 4.47 Å². The van der Waals surface area contributed by atoms with Gasteiger partial charge >= 0.3 is 0 Å². The van der Waals surface area contributed by atoms with Crippen LogP contribution in [0.15, 0.2) is 22.7 Å². The summed E-state index contributed by atoms with van der Waals surface area (Å²) in [4.78, 5) is 11.2. The molecule has 1 unspecified atom stereocenters. The molecule has 1 amide bonds. The van der Waals surface area contributed by atoms with Crippen LogP contribution in [0.1, 0.15) is 0 Å². The van der Waals surface area contributed by atoms with E-state index in [1.807, 2.05) is 0 Å². The van der Waals surface area contributed by atoms with Crippen LogP contribution in [0.4, 0.5) is 10.1 Å². The van der Waals surface area contributed by atoms with Crippen molar-refractivity contribution in [3.8, 4) is 0 Å². The van der Waals surface area contributed by atoms with E-state index >= 15 is 0 Å². The van der Waals surface area contributed by atoms with Crippen molar-refractivity contribution in [2.24, 2.45) is 5.73 Å². The summed E-state index contributed by atoms with van der Waals surface area (Å²) in [5.74, 6) is -1.19. The third kappa shape index (κ3) is 3.26. The lowest BCUT2D eigenvalue weighted by atomic mass is 10.2. The van der Waals surface area contributed by atoms with Crippen LogP contribution < -0.4 is 11.1 Å². The van der Waals surface area contributed by atoms with Gasteiger partial charge < -0.3 is 16.2 Å². The molecular formula is C9H10BrFN2O2. The highest BCUT2D eigenvalue weighted by molar-refractivity contribution is 9.10. The number of rotatable bonds is 3. The third-order valence-electron chi connectivity index (χ3n) is 1.72. The summed E-state index contributed by atoms with van der Waals surface area (Å²) >= 11 is 3.14. The number of carbonyl (C=O) groups is 1. The maximum Gasteiger partial charge on any atom is 0.243 e. The molecule has 0 aliphatic heterocycles. The lowest BCUT2D eigenvalue weighted by molar-refractivity contribution is -0.118. The number of nitrogens with one attached hydrogen (secondary N) is 1. The SMILES string of the molecule is NC(CO)C(=O)Nc1cc(Br)ccc1F.